The first-order chi connectivity index (χ1) is 14.9. The number of carbonyl (C=O) groups excluding carboxylic acids is 1. The summed E-state index contributed by atoms with van der Waals surface area (Å²) in [6.45, 7) is 12.5. The lowest BCUT2D eigenvalue weighted by Crippen LogP contribution is -2.20. The molecule has 0 spiro atoms. The van der Waals surface area contributed by atoms with Crippen molar-refractivity contribution in [3.8, 4) is 17.2 Å². The maximum atomic E-state index is 12.4. The minimum Gasteiger partial charge on any atom is -0.507 e. The maximum Gasteiger partial charge on any atom is 0.240 e. The molecule has 0 saturated carbocycles. The summed E-state index contributed by atoms with van der Waals surface area (Å²) in [6.07, 6.45) is 2.37. The zero-order valence-corrected chi connectivity index (χ0v) is 20.5. The largest absolute Gasteiger partial charge is 0.507 e. The molecule has 2 aromatic carbocycles. The molecule has 0 aliphatic heterocycles. The Kier molecular flexibility index (Phi) is 7.94. The van der Waals surface area contributed by atoms with E-state index in [4.69, 9.17) is 9.47 Å². The van der Waals surface area contributed by atoms with Crippen molar-refractivity contribution in [3.05, 3.63) is 52.6 Å². The van der Waals surface area contributed by atoms with Crippen LogP contribution in [0.5, 0.6) is 17.2 Å². The second kappa shape index (κ2) is 10.1. The predicted molar refractivity (Wildman–Crippen MR) is 129 cm³/mol. The third-order valence-electron chi connectivity index (χ3n) is 5.25. The third-order valence-corrected chi connectivity index (χ3v) is 5.25. The summed E-state index contributed by atoms with van der Waals surface area (Å²) in [7, 11) is 3.13. The Bertz CT molecular complexity index is 947. The smallest absolute Gasteiger partial charge is 0.240 e. The quantitative estimate of drug-likeness (QED) is 0.464. The van der Waals surface area contributed by atoms with Gasteiger partial charge in [0.2, 0.25) is 5.91 Å². The van der Waals surface area contributed by atoms with Gasteiger partial charge in [0.1, 0.15) is 5.75 Å². The molecule has 174 valence electrons. The van der Waals surface area contributed by atoms with Crippen LogP contribution in [0.1, 0.15) is 70.2 Å². The number of methoxy groups -OCH3 is 2. The molecule has 0 atom stereocenters. The Morgan fingerprint density at radius 2 is 1.62 bits per heavy atom. The standard InChI is InChI=1S/C26H36N2O4/c1-25(2,3)19-14-17(15-20(23(19)30)26(4,5)6)12-13-22(29)28-27-16-18-10-9-11-21(31-7)24(18)32-8/h9-11,14-16,30H,12-13H2,1-8H3,(H,28,29)/b27-16-. The number of carbonyl (C=O) groups is 1. The lowest BCUT2D eigenvalue weighted by atomic mass is 9.78. The van der Waals surface area contributed by atoms with Gasteiger partial charge in [-0.15, -0.1) is 0 Å². The number of phenols is 1. The fourth-order valence-electron chi connectivity index (χ4n) is 3.48. The summed E-state index contributed by atoms with van der Waals surface area (Å²) in [5.41, 5.74) is 5.67. The number of ether oxygens (including phenoxy) is 2. The first-order valence-corrected chi connectivity index (χ1v) is 10.8. The van der Waals surface area contributed by atoms with Crippen LogP contribution in [0.2, 0.25) is 0 Å². The van der Waals surface area contributed by atoms with E-state index < -0.39 is 0 Å². The van der Waals surface area contributed by atoms with E-state index >= 15 is 0 Å². The van der Waals surface area contributed by atoms with Gasteiger partial charge in [0, 0.05) is 12.0 Å². The van der Waals surface area contributed by atoms with Crippen molar-refractivity contribution in [3.63, 3.8) is 0 Å². The Morgan fingerprint density at radius 1 is 1.03 bits per heavy atom. The van der Waals surface area contributed by atoms with Crippen molar-refractivity contribution >= 4 is 12.1 Å². The van der Waals surface area contributed by atoms with E-state index in [-0.39, 0.29) is 23.2 Å². The summed E-state index contributed by atoms with van der Waals surface area (Å²) in [4.78, 5) is 12.4. The second-order valence-electron chi connectivity index (χ2n) is 9.92. The first-order valence-electron chi connectivity index (χ1n) is 10.8. The number of amides is 1. The van der Waals surface area contributed by atoms with Crippen LogP contribution in [0.15, 0.2) is 35.4 Å². The van der Waals surface area contributed by atoms with Crippen molar-refractivity contribution in [1.29, 1.82) is 0 Å². The average Bonchev–Trinajstić information content (AvgIpc) is 2.70. The number of aryl methyl sites for hydroxylation is 1. The Morgan fingerprint density at radius 3 is 2.12 bits per heavy atom. The van der Waals surface area contributed by atoms with E-state index in [2.05, 4.69) is 52.1 Å². The third kappa shape index (κ3) is 6.25. The zero-order valence-electron chi connectivity index (χ0n) is 20.5. The minimum atomic E-state index is -0.206. The summed E-state index contributed by atoms with van der Waals surface area (Å²) in [6, 6.07) is 9.46. The van der Waals surface area contributed by atoms with Gasteiger partial charge in [0.25, 0.3) is 0 Å². The molecule has 32 heavy (non-hydrogen) atoms. The van der Waals surface area contributed by atoms with Crippen molar-refractivity contribution in [2.45, 2.75) is 65.2 Å². The average molecular weight is 441 g/mol. The van der Waals surface area contributed by atoms with Gasteiger partial charge in [-0.2, -0.15) is 5.10 Å². The van der Waals surface area contributed by atoms with Crippen LogP contribution in [0.25, 0.3) is 0 Å². The van der Waals surface area contributed by atoms with Crippen molar-refractivity contribution < 1.29 is 19.4 Å². The fraction of sp³-hybridized carbons (Fsp3) is 0.462. The summed E-state index contributed by atoms with van der Waals surface area (Å²) >= 11 is 0. The number of hydrazone groups is 1. The highest BCUT2D eigenvalue weighted by Crippen LogP contribution is 2.40. The highest BCUT2D eigenvalue weighted by molar-refractivity contribution is 5.86. The molecule has 2 rings (SSSR count). The number of aromatic hydroxyl groups is 1. The maximum absolute atomic E-state index is 12.4. The molecule has 0 heterocycles. The van der Waals surface area contributed by atoms with E-state index in [0.29, 0.717) is 29.2 Å². The highest BCUT2D eigenvalue weighted by Gasteiger charge is 2.26. The molecular weight excluding hydrogens is 404 g/mol. The SMILES string of the molecule is COc1cccc(/C=N\NC(=O)CCc2cc(C(C)(C)C)c(O)c(C(C)(C)C)c2)c1OC. The van der Waals surface area contributed by atoms with E-state index in [1.54, 1.807) is 20.3 Å². The van der Waals surface area contributed by atoms with Crippen LogP contribution in [-0.2, 0) is 22.0 Å². The van der Waals surface area contributed by atoms with Crippen LogP contribution >= 0.6 is 0 Å². The van der Waals surface area contributed by atoms with Gasteiger partial charge < -0.3 is 14.6 Å². The molecule has 6 nitrogen and oxygen atoms in total. The number of rotatable bonds is 7. The van der Waals surface area contributed by atoms with Gasteiger partial charge in [0.05, 0.1) is 20.4 Å². The van der Waals surface area contributed by atoms with Crippen molar-refractivity contribution in [1.82, 2.24) is 5.43 Å². The molecule has 2 aromatic rings. The molecule has 0 radical (unpaired) electrons. The van der Waals surface area contributed by atoms with Crippen LogP contribution in [-0.4, -0.2) is 31.4 Å². The van der Waals surface area contributed by atoms with Crippen LogP contribution in [0.4, 0.5) is 0 Å². The summed E-state index contributed by atoms with van der Waals surface area (Å²) in [5.74, 6) is 1.31. The molecule has 0 bridgehead atoms. The second-order valence-corrected chi connectivity index (χ2v) is 9.92. The Hall–Kier alpha value is -3.02. The monoisotopic (exact) mass is 440 g/mol. The lowest BCUT2D eigenvalue weighted by molar-refractivity contribution is -0.121. The molecule has 0 aromatic heterocycles. The highest BCUT2D eigenvalue weighted by atomic mass is 16.5. The summed E-state index contributed by atoms with van der Waals surface area (Å²) in [5, 5.41) is 14.9. The van der Waals surface area contributed by atoms with Gasteiger partial charge in [-0.05, 0) is 46.1 Å². The van der Waals surface area contributed by atoms with Crippen LogP contribution in [0.3, 0.4) is 0 Å². The molecule has 0 saturated heterocycles. The Labute approximate surface area is 191 Å². The molecule has 6 heteroatoms. The molecule has 2 N–H and O–H groups in total. The summed E-state index contributed by atoms with van der Waals surface area (Å²) < 4.78 is 10.6. The first kappa shape index (κ1) is 25.2. The normalized spacial score (nSPS) is 12.1. The Balaban J connectivity index is 2.13. The fourth-order valence-corrected chi connectivity index (χ4v) is 3.48. The van der Waals surface area contributed by atoms with Crippen LogP contribution < -0.4 is 14.9 Å². The molecule has 0 fully saturated rings. The number of para-hydroxylation sites is 1. The predicted octanol–water partition coefficient (Wildman–Crippen LogP) is 5.09. The van der Waals surface area contributed by atoms with Gasteiger partial charge in [0.15, 0.2) is 11.5 Å². The molecule has 0 unspecified atom stereocenters. The van der Waals surface area contributed by atoms with Gasteiger partial charge >= 0.3 is 0 Å². The molecule has 1 amide bonds. The number of benzene rings is 2. The number of hydrogen-bond donors (Lipinski definition) is 2. The number of nitrogens with zero attached hydrogens (tertiary/aromatic N) is 1. The lowest BCUT2D eigenvalue weighted by Gasteiger charge is -2.28. The number of phenolic OH excluding ortho intramolecular Hbond substituents is 1. The van der Waals surface area contributed by atoms with Crippen LogP contribution in [0, 0.1) is 0 Å². The molecular formula is C26H36N2O4. The van der Waals surface area contributed by atoms with Gasteiger partial charge in [-0.3, -0.25) is 4.79 Å². The van der Waals surface area contributed by atoms with E-state index in [1.165, 1.54) is 6.21 Å². The topological polar surface area (TPSA) is 80.2 Å². The van der Waals surface area contributed by atoms with Gasteiger partial charge in [-0.1, -0.05) is 59.7 Å². The molecule has 0 aliphatic carbocycles. The van der Waals surface area contributed by atoms with E-state index in [1.807, 2.05) is 24.3 Å². The number of hydrogen-bond acceptors (Lipinski definition) is 5. The zero-order chi connectivity index (χ0) is 24.1. The minimum absolute atomic E-state index is 0.189. The van der Waals surface area contributed by atoms with E-state index in [9.17, 15) is 9.90 Å². The molecule has 0 aliphatic rings. The van der Waals surface area contributed by atoms with E-state index in [0.717, 1.165) is 16.7 Å². The van der Waals surface area contributed by atoms with Crippen molar-refractivity contribution in [2.24, 2.45) is 5.10 Å². The number of nitrogens with one attached hydrogen (secondary N) is 1. The van der Waals surface area contributed by atoms with Gasteiger partial charge in [-0.25, -0.2) is 5.43 Å². The van der Waals surface area contributed by atoms with Crippen molar-refractivity contribution in [2.75, 3.05) is 14.2 Å².